The molecule has 1 atom stereocenters. The Bertz CT molecular complexity index is 991. The zero-order chi connectivity index (χ0) is 21.0. The minimum Gasteiger partial charge on any atom is -0.349 e. The topological polar surface area (TPSA) is 66.5 Å². The summed E-state index contributed by atoms with van der Waals surface area (Å²) in [6.07, 6.45) is 4.90. The lowest BCUT2D eigenvalue weighted by Gasteiger charge is -2.27. The van der Waals surface area contributed by atoms with Crippen LogP contribution in [0.5, 0.6) is 0 Å². The second-order valence-electron chi connectivity index (χ2n) is 7.58. The molecule has 0 saturated heterocycles. The largest absolute Gasteiger partial charge is 0.349 e. The van der Waals surface area contributed by atoms with E-state index in [1.54, 1.807) is 18.2 Å². The number of fused-ring (bicyclic) bond motifs is 1. The Morgan fingerprint density at radius 3 is 2.76 bits per heavy atom. The fraction of sp³-hybridized carbons (Fsp3) is 0.409. The van der Waals surface area contributed by atoms with E-state index < -0.39 is 10.0 Å². The van der Waals surface area contributed by atoms with Crippen LogP contribution in [0.1, 0.15) is 48.4 Å². The van der Waals surface area contributed by atoms with Crippen LogP contribution in [-0.2, 0) is 21.2 Å². The van der Waals surface area contributed by atoms with Crippen LogP contribution in [0.3, 0.4) is 0 Å². The normalized spacial score (nSPS) is 16.2. The van der Waals surface area contributed by atoms with Crippen molar-refractivity contribution in [1.82, 2.24) is 5.32 Å². The van der Waals surface area contributed by atoms with E-state index in [4.69, 9.17) is 11.6 Å². The summed E-state index contributed by atoms with van der Waals surface area (Å²) in [6, 6.07) is 13.4. The lowest BCUT2D eigenvalue weighted by molar-refractivity contribution is -0.122. The summed E-state index contributed by atoms with van der Waals surface area (Å²) in [7, 11) is -3.48. The maximum Gasteiger partial charge on any atom is 0.232 e. The number of rotatable bonds is 7. The molecule has 0 fully saturated rings. The molecule has 1 aliphatic carbocycles. The van der Waals surface area contributed by atoms with Gasteiger partial charge in [-0.3, -0.25) is 9.10 Å². The number of hydrogen-bond donors (Lipinski definition) is 1. The Labute approximate surface area is 178 Å². The van der Waals surface area contributed by atoms with Crippen molar-refractivity contribution in [1.29, 1.82) is 0 Å². The van der Waals surface area contributed by atoms with Crippen LogP contribution >= 0.6 is 11.6 Å². The van der Waals surface area contributed by atoms with Crippen molar-refractivity contribution >= 4 is 33.2 Å². The second kappa shape index (κ2) is 9.18. The van der Waals surface area contributed by atoms with Gasteiger partial charge in [-0.2, -0.15) is 0 Å². The molecule has 2 aromatic carbocycles. The number of nitrogens with zero attached hydrogens (tertiary/aromatic N) is 1. The van der Waals surface area contributed by atoms with Crippen LogP contribution in [-0.4, -0.2) is 27.1 Å². The zero-order valence-corrected chi connectivity index (χ0v) is 18.4. The summed E-state index contributed by atoms with van der Waals surface area (Å²) in [4.78, 5) is 12.5. The highest BCUT2D eigenvalue weighted by Crippen LogP contribution is 2.30. The predicted octanol–water partition coefficient (Wildman–Crippen LogP) is 4.39. The SMILES string of the molecule is Cc1ccc(Cl)cc1N(CCCC(=O)NC1CCCc2ccccc21)S(C)(=O)=O. The highest BCUT2D eigenvalue weighted by Gasteiger charge is 2.23. The Morgan fingerprint density at radius 1 is 1.24 bits per heavy atom. The lowest BCUT2D eigenvalue weighted by Crippen LogP contribution is -2.34. The van der Waals surface area contributed by atoms with Gasteiger partial charge in [-0.15, -0.1) is 0 Å². The molecular weight excluding hydrogens is 408 g/mol. The molecule has 5 nitrogen and oxygen atoms in total. The van der Waals surface area contributed by atoms with Gasteiger partial charge in [0.1, 0.15) is 0 Å². The average molecular weight is 435 g/mol. The van der Waals surface area contributed by atoms with E-state index in [-0.39, 0.29) is 24.9 Å². The molecule has 1 amide bonds. The summed E-state index contributed by atoms with van der Waals surface area (Å²) >= 11 is 6.06. The fourth-order valence-corrected chi connectivity index (χ4v) is 5.05. The Hall–Kier alpha value is -2.05. The molecule has 0 heterocycles. The molecule has 3 rings (SSSR count). The van der Waals surface area contributed by atoms with Crippen molar-refractivity contribution in [2.45, 2.75) is 45.1 Å². The third kappa shape index (κ3) is 5.52. The standard InChI is InChI=1S/C22H27ClN2O3S/c1-16-12-13-18(23)15-21(16)25(29(2,27)28)14-6-11-22(26)24-20-10-5-8-17-7-3-4-9-19(17)20/h3-4,7,9,12-13,15,20H,5-6,8,10-11,14H2,1-2H3,(H,24,26). The number of hydrogen-bond acceptors (Lipinski definition) is 3. The minimum absolute atomic E-state index is 0.0358. The van der Waals surface area contributed by atoms with Crippen LogP contribution in [0, 0.1) is 6.92 Å². The number of carbonyl (C=O) groups excluding carboxylic acids is 1. The van der Waals surface area contributed by atoms with E-state index in [0.717, 1.165) is 24.8 Å². The molecule has 1 N–H and O–H groups in total. The number of anilines is 1. The maximum atomic E-state index is 12.5. The summed E-state index contributed by atoms with van der Waals surface area (Å²) in [5.41, 5.74) is 3.87. The molecule has 0 saturated carbocycles. The number of carbonyl (C=O) groups is 1. The van der Waals surface area contributed by atoms with Crippen molar-refractivity contribution in [3.05, 3.63) is 64.2 Å². The van der Waals surface area contributed by atoms with Gasteiger partial charge in [-0.25, -0.2) is 8.42 Å². The van der Waals surface area contributed by atoms with E-state index in [1.807, 2.05) is 19.1 Å². The average Bonchev–Trinajstić information content (AvgIpc) is 2.67. The first-order chi connectivity index (χ1) is 13.8. The summed E-state index contributed by atoms with van der Waals surface area (Å²) in [5, 5.41) is 3.60. The third-order valence-corrected chi connectivity index (χ3v) is 6.72. The molecular formula is C22H27ClN2O3S. The van der Waals surface area contributed by atoms with Gasteiger partial charge in [-0.05, 0) is 61.4 Å². The highest BCUT2D eigenvalue weighted by molar-refractivity contribution is 7.92. The Balaban J connectivity index is 1.62. The molecule has 156 valence electrons. The summed E-state index contributed by atoms with van der Waals surface area (Å²) in [6.45, 7) is 2.08. The molecule has 0 aliphatic heterocycles. The van der Waals surface area contributed by atoms with Crippen LogP contribution in [0.4, 0.5) is 5.69 Å². The third-order valence-electron chi connectivity index (χ3n) is 5.31. The molecule has 1 unspecified atom stereocenters. The first kappa shape index (κ1) is 21.7. The van der Waals surface area contributed by atoms with Gasteiger partial charge < -0.3 is 5.32 Å². The number of halogens is 1. The van der Waals surface area contributed by atoms with E-state index in [0.29, 0.717) is 17.1 Å². The first-order valence-electron chi connectivity index (χ1n) is 9.87. The van der Waals surface area contributed by atoms with E-state index in [2.05, 4.69) is 17.4 Å². The van der Waals surface area contributed by atoms with Gasteiger partial charge in [0.25, 0.3) is 0 Å². The molecule has 2 aromatic rings. The molecule has 0 spiro atoms. The van der Waals surface area contributed by atoms with Gasteiger partial charge in [0.05, 0.1) is 18.0 Å². The number of benzene rings is 2. The van der Waals surface area contributed by atoms with Gasteiger partial charge in [0.2, 0.25) is 15.9 Å². The van der Waals surface area contributed by atoms with Gasteiger partial charge >= 0.3 is 0 Å². The summed E-state index contributed by atoms with van der Waals surface area (Å²) in [5.74, 6) is -0.0528. The molecule has 7 heteroatoms. The number of nitrogens with one attached hydrogen (secondary N) is 1. The first-order valence-corrected chi connectivity index (χ1v) is 12.1. The molecule has 0 aromatic heterocycles. The smallest absolute Gasteiger partial charge is 0.232 e. The maximum absolute atomic E-state index is 12.5. The Morgan fingerprint density at radius 2 is 2.00 bits per heavy atom. The van der Waals surface area contributed by atoms with Crippen LogP contribution in [0.15, 0.2) is 42.5 Å². The Kier molecular flexibility index (Phi) is 6.85. The van der Waals surface area contributed by atoms with E-state index in [1.165, 1.54) is 21.7 Å². The van der Waals surface area contributed by atoms with E-state index >= 15 is 0 Å². The zero-order valence-electron chi connectivity index (χ0n) is 16.8. The second-order valence-corrected chi connectivity index (χ2v) is 9.92. The van der Waals surface area contributed by atoms with Crippen molar-refractivity contribution in [3.8, 4) is 0 Å². The van der Waals surface area contributed by atoms with Gasteiger partial charge in [0, 0.05) is 18.0 Å². The number of sulfonamides is 1. The van der Waals surface area contributed by atoms with Crippen LogP contribution in [0.25, 0.3) is 0 Å². The number of amides is 1. The van der Waals surface area contributed by atoms with Crippen LogP contribution < -0.4 is 9.62 Å². The highest BCUT2D eigenvalue weighted by atomic mass is 35.5. The minimum atomic E-state index is -3.48. The fourth-order valence-electron chi connectivity index (χ4n) is 3.87. The molecule has 1 aliphatic rings. The van der Waals surface area contributed by atoms with Crippen LogP contribution in [0.2, 0.25) is 5.02 Å². The quantitative estimate of drug-likeness (QED) is 0.702. The van der Waals surface area contributed by atoms with Crippen molar-refractivity contribution < 1.29 is 13.2 Å². The monoisotopic (exact) mass is 434 g/mol. The summed E-state index contributed by atoms with van der Waals surface area (Å²) < 4.78 is 25.9. The predicted molar refractivity (Wildman–Crippen MR) is 118 cm³/mol. The van der Waals surface area contributed by atoms with Crippen molar-refractivity contribution in [2.24, 2.45) is 0 Å². The number of aryl methyl sites for hydroxylation is 2. The van der Waals surface area contributed by atoms with Gasteiger partial charge in [-0.1, -0.05) is 41.9 Å². The van der Waals surface area contributed by atoms with E-state index in [9.17, 15) is 13.2 Å². The van der Waals surface area contributed by atoms with Gasteiger partial charge in [0.15, 0.2) is 0 Å². The van der Waals surface area contributed by atoms with Crippen molar-refractivity contribution in [2.75, 3.05) is 17.1 Å². The lowest BCUT2D eigenvalue weighted by atomic mass is 9.87. The molecule has 0 radical (unpaired) electrons. The molecule has 29 heavy (non-hydrogen) atoms. The molecule has 0 bridgehead atoms. The van der Waals surface area contributed by atoms with Crippen molar-refractivity contribution in [3.63, 3.8) is 0 Å².